The first-order chi connectivity index (χ1) is 19.5. The Morgan fingerprint density at radius 2 is 1.68 bits per heavy atom. The molecule has 3 rings (SSSR count). The van der Waals surface area contributed by atoms with Crippen molar-refractivity contribution in [1.29, 1.82) is 0 Å². The van der Waals surface area contributed by atoms with E-state index in [2.05, 4.69) is 5.32 Å². The third kappa shape index (κ3) is 7.71. The first kappa shape index (κ1) is 31.8. The van der Waals surface area contributed by atoms with E-state index in [1.165, 1.54) is 37.3 Å². The zero-order chi connectivity index (χ0) is 30.2. The quantitative estimate of drug-likeness (QED) is 0.302. The molecule has 1 atom stereocenters. The van der Waals surface area contributed by atoms with Crippen molar-refractivity contribution in [3.8, 4) is 11.5 Å². The van der Waals surface area contributed by atoms with Gasteiger partial charge in [0.05, 0.1) is 24.8 Å². The lowest BCUT2D eigenvalue weighted by Crippen LogP contribution is -2.51. The van der Waals surface area contributed by atoms with Crippen LogP contribution in [0.1, 0.15) is 31.4 Å². The van der Waals surface area contributed by atoms with E-state index in [0.29, 0.717) is 22.9 Å². The molecule has 0 radical (unpaired) electrons. The van der Waals surface area contributed by atoms with Crippen molar-refractivity contribution in [3.63, 3.8) is 0 Å². The number of carbonyl (C=O) groups is 2. The van der Waals surface area contributed by atoms with E-state index in [1.54, 1.807) is 55.5 Å². The highest BCUT2D eigenvalue weighted by Gasteiger charge is 2.34. The van der Waals surface area contributed by atoms with E-state index in [4.69, 9.17) is 21.1 Å². The van der Waals surface area contributed by atoms with E-state index >= 15 is 0 Å². The van der Waals surface area contributed by atoms with Crippen LogP contribution >= 0.6 is 11.6 Å². The fourth-order valence-electron chi connectivity index (χ4n) is 4.13. The predicted octanol–water partition coefficient (Wildman–Crippen LogP) is 4.80. The van der Waals surface area contributed by atoms with Gasteiger partial charge in [0.15, 0.2) is 0 Å². The number of hydrogen-bond acceptors (Lipinski definition) is 6. The zero-order valence-electron chi connectivity index (χ0n) is 23.9. The average molecular weight is 602 g/mol. The number of ether oxygens (including phenoxy) is 2. The summed E-state index contributed by atoms with van der Waals surface area (Å²) < 4.78 is 40.0. The number of hydrogen-bond donors (Lipinski definition) is 1. The first-order valence-electron chi connectivity index (χ1n) is 13.2. The van der Waals surface area contributed by atoms with Gasteiger partial charge in [0.25, 0.3) is 10.0 Å². The summed E-state index contributed by atoms with van der Waals surface area (Å²) in [6.07, 6.45) is 0.717. The Hall–Kier alpha value is -3.76. The highest BCUT2D eigenvalue weighted by atomic mass is 35.5. The fraction of sp³-hybridized carbons (Fsp3) is 0.333. The summed E-state index contributed by atoms with van der Waals surface area (Å²) in [6, 6.07) is 17.1. The first-order valence-corrected chi connectivity index (χ1v) is 15.0. The second-order valence-corrected chi connectivity index (χ2v) is 11.7. The Morgan fingerprint density at radius 3 is 2.29 bits per heavy atom. The van der Waals surface area contributed by atoms with Crippen LogP contribution in [-0.4, -0.2) is 58.5 Å². The Morgan fingerprint density at radius 1 is 1.00 bits per heavy atom. The summed E-state index contributed by atoms with van der Waals surface area (Å²) in [7, 11) is -1.41. The van der Waals surface area contributed by atoms with Crippen LogP contribution in [-0.2, 0) is 26.2 Å². The van der Waals surface area contributed by atoms with E-state index in [1.807, 2.05) is 13.8 Å². The van der Waals surface area contributed by atoms with Crippen LogP contribution in [0.5, 0.6) is 11.5 Å². The average Bonchev–Trinajstić information content (AvgIpc) is 2.97. The third-order valence-electron chi connectivity index (χ3n) is 6.56. The monoisotopic (exact) mass is 601 g/mol. The molecule has 0 spiro atoms. The lowest BCUT2D eigenvalue weighted by Gasteiger charge is -2.32. The maximum Gasteiger partial charge on any atom is 0.264 e. The lowest BCUT2D eigenvalue weighted by atomic mass is 10.1. The van der Waals surface area contributed by atoms with Crippen LogP contribution in [0.3, 0.4) is 0 Å². The highest BCUT2D eigenvalue weighted by Crippen LogP contribution is 2.36. The lowest BCUT2D eigenvalue weighted by molar-refractivity contribution is -0.139. The molecule has 220 valence electrons. The van der Waals surface area contributed by atoms with Crippen LogP contribution in [0.15, 0.2) is 71.6 Å². The summed E-state index contributed by atoms with van der Waals surface area (Å²) in [5.74, 6) is -0.373. The van der Waals surface area contributed by atoms with Gasteiger partial charge >= 0.3 is 0 Å². The van der Waals surface area contributed by atoms with Crippen molar-refractivity contribution in [2.24, 2.45) is 0 Å². The molecule has 2 amide bonds. The SMILES string of the molecule is CCCNC(=O)[C@@H](C)N(Cc1ccccc1Cl)C(=O)CN(c1cc(OC)ccc1OC)S(=O)(=O)c1ccc(C)cc1. The summed E-state index contributed by atoms with van der Waals surface area (Å²) in [5, 5.41) is 3.23. The third-order valence-corrected chi connectivity index (χ3v) is 8.70. The van der Waals surface area contributed by atoms with E-state index in [-0.39, 0.29) is 28.8 Å². The molecule has 0 saturated heterocycles. The van der Waals surface area contributed by atoms with Crippen molar-refractivity contribution >= 4 is 39.1 Å². The van der Waals surface area contributed by atoms with Crippen molar-refractivity contribution < 1.29 is 27.5 Å². The van der Waals surface area contributed by atoms with Gasteiger partial charge in [0.2, 0.25) is 11.8 Å². The molecule has 41 heavy (non-hydrogen) atoms. The molecule has 11 heteroatoms. The summed E-state index contributed by atoms with van der Waals surface area (Å²) in [5.41, 5.74) is 1.61. The van der Waals surface area contributed by atoms with Crippen molar-refractivity contribution in [1.82, 2.24) is 10.2 Å². The molecule has 0 saturated carbocycles. The number of halogens is 1. The van der Waals surface area contributed by atoms with E-state index in [9.17, 15) is 18.0 Å². The number of nitrogens with zero attached hydrogens (tertiary/aromatic N) is 2. The normalized spacial score (nSPS) is 11.9. The molecule has 3 aromatic rings. The fourth-order valence-corrected chi connectivity index (χ4v) is 5.74. The summed E-state index contributed by atoms with van der Waals surface area (Å²) in [6.45, 7) is 5.19. The van der Waals surface area contributed by atoms with Gasteiger partial charge in [0, 0.05) is 24.2 Å². The molecule has 0 unspecified atom stereocenters. The second kappa shape index (κ2) is 14.2. The molecule has 0 heterocycles. The maximum absolute atomic E-state index is 14.1. The highest BCUT2D eigenvalue weighted by molar-refractivity contribution is 7.92. The number of benzene rings is 3. The van der Waals surface area contributed by atoms with Gasteiger partial charge in [-0.05, 0) is 56.2 Å². The van der Waals surface area contributed by atoms with Crippen molar-refractivity contribution in [3.05, 3.63) is 82.9 Å². The predicted molar refractivity (Wildman–Crippen MR) is 160 cm³/mol. The number of rotatable bonds is 13. The number of methoxy groups -OCH3 is 2. The number of anilines is 1. The molecule has 1 N–H and O–H groups in total. The largest absolute Gasteiger partial charge is 0.497 e. The Bertz CT molecular complexity index is 1460. The standard InChI is InChI=1S/C30H36ClN3O6S/c1-6-17-32-30(36)22(3)33(19-23-9-7-8-10-26(23)31)29(35)20-34(27-18-24(39-4)13-16-28(27)40-5)41(37,38)25-14-11-21(2)12-15-25/h7-16,18,22H,6,17,19-20H2,1-5H3,(H,32,36)/t22-/m1/s1. The minimum absolute atomic E-state index is 0.00706. The van der Waals surface area contributed by atoms with Gasteiger partial charge < -0.3 is 19.7 Å². The molecule has 0 aliphatic rings. The summed E-state index contributed by atoms with van der Waals surface area (Å²) in [4.78, 5) is 28.4. The van der Waals surface area contributed by atoms with Crippen LogP contribution in [0, 0.1) is 6.92 Å². The van der Waals surface area contributed by atoms with Crippen molar-refractivity contribution in [2.75, 3.05) is 31.6 Å². The van der Waals surface area contributed by atoms with Gasteiger partial charge in [-0.25, -0.2) is 8.42 Å². The van der Waals surface area contributed by atoms with Gasteiger partial charge in [-0.3, -0.25) is 13.9 Å². The van der Waals surface area contributed by atoms with E-state index < -0.39 is 28.5 Å². The minimum atomic E-state index is -4.27. The smallest absolute Gasteiger partial charge is 0.264 e. The maximum atomic E-state index is 14.1. The van der Waals surface area contributed by atoms with Crippen LogP contribution in [0.25, 0.3) is 0 Å². The molecule has 0 fully saturated rings. The van der Waals surface area contributed by atoms with Gasteiger partial charge in [-0.1, -0.05) is 54.4 Å². The number of sulfonamides is 1. The summed E-state index contributed by atoms with van der Waals surface area (Å²) >= 11 is 6.41. The Balaban J connectivity index is 2.12. The molecule has 0 aromatic heterocycles. The number of nitrogens with one attached hydrogen (secondary N) is 1. The van der Waals surface area contributed by atoms with E-state index in [0.717, 1.165) is 16.3 Å². The van der Waals surface area contributed by atoms with Gasteiger partial charge in [-0.15, -0.1) is 0 Å². The van der Waals surface area contributed by atoms with Crippen LogP contribution in [0.4, 0.5) is 5.69 Å². The zero-order valence-corrected chi connectivity index (χ0v) is 25.5. The van der Waals surface area contributed by atoms with Crippen LogP contribution in [0.2, 0.25) is 5.02 Å². The Labute approximate surface area is 247 Å². The topological polar surface area (TPSA) is 105 Å². The molecule has 3 aromatic carbocycles. The van der Waals surface area contributed by atoms with Gasteiger partial charge in [0.1, 0.15) is 24.1 Å². The van der Waals surface area contributed by atoms with Crippen LogP contribution < -0.4 is 19.1 Å². The molecular weight excluding hydrogens is 566 g/mol. The number of amides is 2. The Kier molecular flexibility index (Phi) is 11.0. The molecule has 9 nitrogen and oxygen atoms in total. The minimum Gasteiger partial charge on any atom is -0.497 e. The number of carbonyl (C=O) groups excluding carboxylic acids is 2. The molecule has 0 bridgehead atoms. The van der Waals surface area contributed by atoms with Gasteiger partial charge in [-0.2, -0.15) is 0 Å². The number of aryl methyl sites for hydroxylation is 1. The molecule has 0 aliphatic carbocycles. The van der Waals surface area contributed by atoms with Crippen molar-refractivity contribution in [2.45, 2.75) is 44.7 Å². The molecule has 0 aliphatic heterocycles. The second-order valence-electron chi connectivity index (χ2n) is 9.44. The molecular formula is C30H36ClN3O6S.